The fraction of sp³-hybridized carbons (Fsp3) is 0.600. The van der Waals surface area contributed by atoms with Crippen LogP contribution < -0.4 is 0 Å². The lowest BCUT2D eigenvalue weighted by atomic mass is 9.83. The van der Waals surface area contributed by atoms with Crippen LogP contribution in [-0.2, 0) is 0 Å². The molecule has 8 heavy (non-hydrogen) atoms. The van der Waals surface area contributed by atoms with E-state index in [1.54, 1.807) is 0 Å². The van der Waals surface area contributed by atoms with Crippen molar-refractivity contribution < 1.29 is 8.63 Å². The van der Waals surface area contributed by atoms with Gasteiger partial charge in [-0.25, -0.2) is 0 Å². The molecular formula is C5H7BF2. The molecule has 0 spiro atoms. The van der Waals surface area contributed by atoms with E-state index in [2.05, 4.69) is 6.58 Å². The predicted octanol–water partition coefficient (Wildman–Crippen LogP) is 1.92. The Kier molecular flexibility index (Phi) is 1.36. The lowest BCUT2D eigenvalue weighted by molar-refractivity contribution is 0.666. The molecule has 0 radical (unpaired) electrons. The summed E-state index contributed by atoms with van der Waals surface area (Å²) >= 11 is 0. The molecule has 1 fully saturated rings. The molecule has 0 aliphatic heterocycles. The van der Waals surface area contributed by atoms with Gasteiger partial charge in [-0.2, -0.15) is 0 Å². The molecule has 1 rings (SSSR count). The molecule has 0 aromatic carbocycles. The minimum atomic E-state index is -2.29. The van der Waals surface area contributed by atoms with Crippen LogP contribution in [0.1, 0.15) is 12.8 Å². The first-order valence-electron chi connectivity index (χ1n) is 2.68. The summed E-state index contributed by atoms with van der Waals surface area (Å²) in [6.45, 7) is 3.27. The Morgan fingerprint density at radius 1 is 1.50 bits per heavy atom. The number of rotatable bonds is 2. The average molecular weight is 116 g/mol. The maximum Gasteiger partial charge on any atom is 0.567 e. The SMILES string of the molecule is C=C(B(F)F)C1CC1. The predicted molar refractivity (Wildman–Crippen MR) is 29.8 cm³/mol. The van der Waals surface area contributed by atoms with Gasteiger partial charge in [0.05, 0.1) is 0 Å². The summed E-state index contributed by atoms with van der Waals surface area (Å²) in [7, 11) is -2.29. The summed E-state index contributed by atoms with van der Waals surface area (Å²) in [6, 6.07) is 0. The van der Waals surface area contributed by atoms with E-state index in [0.29, 0.717) is 0 Å². The van der Waals surface area contributed by atoms with E-state index < -0.39 is 7.27 Å². The van der Waals surface area contributed by atoms with Crippen LogP contribution in [0, 0.1) is 5.92 Å². The van der Waals surface area contributed by atoms with Crippen molar-refractivity contribution in [2.45, 2.75) is 12.8 Å². The Balaban J connectivity index is 2.33. The highest BCUT2D eigenvalue weighted by Crippen LogP contribution is 2.36. The molecule has 1 saturated carbocycles. The third kappa shape index (κ3) is 1.08. The normalized spacial score (nSPS) is 18.2. The van der Waals surface area contributed by atoms with E-state index in [1.165, 1.54) is 0 Å². The third-order valence-electron chi connectivity index (χ3n) is 1.38. The van der Waals surface area contributed by atoms with E-state index in [0.717, 1.165) is 12.8 Å². The zero-order valence-electron chi connectivity index (χ0n) is 4.53. The Morgan fingerprint density at radius 3 is 2.12 bits per heavy atom. The standard InChI is InChI=1S/C5H7BF2/c1-4(6(7)8)5-2-3-5/h5H,1-3H2. The highest BCUT2D eigenvalue weighted by molar-refractivity contribution is 6.52. The highest BCUT2D eigenvalue weighted by atomic mass is 19.2. The van der Waals surface area contributed by atoms with Gasteiger partial charge < -0.3 is 0 Å². The second kappa shape index (κ2) is 1.88. The largest absolute Gasteiger partial charge is 0.567 e. The minimum absolute atomic E-state index is 0.130. The monoisotopic (exact) mass is 116 g/mol. The second-order valence-corrected chi connectivity index (χ2v) is 2.15. The van der Waals surface area contributed by atoms with Gasteiger partial charge in [0.15, 0.2) is 0 Å². The van der Waals surface area contributed by atoms with Crippen molar-refractivity contribution in [2.24, 2.45) is 5.92 Å². The molecule has 0 heterocycles. The molecule has 0 unspecified atom stereocenters. The molecule has 1 aliphatic carbocycles. The fourth-order valence-electron chi connectivity index (χ4n) is 0.632. The van der Waals surface area contributed by atoms with Crippen LogP contribution in [-0.4, -0.2) is 7.27 Å². The van der Waals surface area contributed by atoms with Gasteiger partial charge in [0, 0.05) is 0 Å². The van der Waals surface area contributed by atoms with Gasteiger partial charge in [0.25, 0.3) is 0 Å². The van der Waals surface area contributed by atoms with Gasteiger partial charge >= 0.3 is 7.27 Å². The Morgan fingerprint density at radius 2 is 2.00 bits per heavy atom. The van der Waals surface area contributed by atoms with Gasteiger partial charge in [-0.3, -0.25) is 8.63 Å². The molecule has 0 N–H and O–H groups in total. The Bertz CT molecular complexity index is 103. The maximum atomic E-state index is 11.6. The molecule has 0 aromatic heterocycles. The van der Waals surface area contributed by atoms with Gasteiger partial charge in [-0.1, -0.05) is 0 Å². The number of allylic oxidation sites excluding steroid dienone is 1. The summed E-state index contributed by atoms with van der Waals surface area (Å²) < 4.78 is 23.2. The van der Waals surface area contributed by atoms with E-state index in [9.17, 15) is 8.63 Å². The van der Waals surface area contributed by atoms with E-state index >= 15 is 0 Å². The van der Waals surface area contributed by atoms with Crippen LogP contribution in [0.5, 0.6) is 0 Å². The molecule has 44 valence electrons. The first-order chi connectivity index (χ1) is 3.72. The zero-order chi connectivity index (χ0) is 6.15. The zero-order valence-corrected chi connectivity index (χ0v) is 4.53. The van der Waals surface area contributed by atoms with E-state index in [1.807, 2.05) is 0 Å². The van der Waals surface area contributed by atoms with Crippen LogP contribution in [0.4, 0.5) is 8.63 Å². The second-order valence-electron chi connectivity index (χ2n) is 2.15. The quantitative estimate of drug-likeness (QED) is 0.483. The maximum absolute atomic E-state index is 11.6. The number of hydrogen-bond donors (Lipinski definition) is 0. The lowest BCUT2D eigenvalue weighted by Crippen LogP contribution is -2.02. The molecule has 0 nitrogen and oxygen atoms in total. The first-order valence-corrected chi connectivity index (χ1v) is 2.68. The summed E-state index contributed by atoms with van der Waals surface area (Å²) in [5, 5.41) is 0. The average Bonchev–Trinajstić information content (AvgIpc) is 2.43. The molecule has 0 aromatic rings. The van der Waals surface area contributed by atoms with Crippen molar-refractivity contribution in [3.8, 4) is 0 Å². The molecule has 0 bridgehead atoms. The molecule has 0 amide bonds. The van der Waals surface area contributed by atoms with Gasteiger partial charge in [0.1, 0.15) is 0 Å². The van der Waals surface area contributed by atoms with E-state index in [-0.39, 0.29) is 11.4 Å². The van der Waals surface area contributed by atoms with Gasteiger partial charge in [0.2, 0.25) is 0 Å². The third-order valence-corrected chi connectivity index (χ3v) is 1.38. The number of halogens is 2. The van der Waals surface area contributed by atoms with Gasteiger partial charge in [-0.15, -0.1) is 6.58 Å². The Hall–Kier alpha value is -0.335. The Labute approximate surface area is 47.8 Å². The molecule has 1 aliphatic rings. The summed E-state index contributed by atoms with van der Waals surface area (Å²) in [4.78, 5) is 0. The highest BCUT2D eigenvalue weighted by Gasteiger charge is 2.32. The molecule has 0 saturated heterocycles. The summed E-state index contributed by atoms with van der Waals surface area (Å²) in [5.41, 5.74) is 0.130. The summed E-state index contributed by atoms with van der Waals surface area (Å²) in [5.74, 6) is 0.148. The van der Waals surface area contributed by atoms with Gasteiger partial charge in [-0.05, 0) is 24.2 Å². The topological polar surface area (TPSA) is 0 Å². The van der Waals surface area contributed by atoms with Crippen LogP contribution in [0.15, 0.2) is 12.1 Å². The van der Waals surface area contributed by atoms with Crippen LogP contribution >= 0.6 is 0 Å². The van der Waals surface area contributed by atoms with Crippen molar-refractivity contribution in [3.63, 3.8) is 0 Å². The van der Waals surface area contributed by atoms with E-state index in [4.69, 9.17) is 0 Å². The summed E-state index contributed by atoms with van der Waals surface area (Å²) in [6.07, 6.45) is 1.84. The molecule has 0 atom stereocenters. The van der Waals surface area contributed by atoms with Crippen LogP contribution in [0.25, 0.3) is 0 Å². The van der Waals surface area contributed by atoms with Crippen molar-refractivity contribution in [2.75, 3.05) is 0 Å². The van der Waals surface area contributed by atoms with Crippen molar-refractivity contribution in [1.29, 1.82) is 0 Å². The van der Waals surface area contributed by atoms with Crippen molar-refractivity contribution in [3.05, 3.63) is 12.1 Å². The lowest BCUT2D eigenvalue weighted by Gasteiger charge is -1.92. The molecule has 3 heteroatoms. The van der Waals surface area contributed by atoms with Crippen LogP contribution in [0.3, 0.4) is 0 Å². The van der Waals surface area contributed by atoms with Crippen molar-refractivity contribution in [1.82, 2.24) is 0 Å². The first kappa shape index (κ1) is 5.80. The minimum Gasteiger partial charge on any atom is -0.281 e. The van der Waals surface area contributed by atoms with Crippen molar-refractivity contribution >= 4 is 7.27 Å². The van der Waals surface area contributed by atoms with Crippen LogP contribution in [0.2, 0.25) is 0 Å². The smallest absolute Gasteiger partial charge is 0.281 e. The molecular weight excluding hydrogens is 109 g/mol. The fourth-order valence-corrected chi connectivity index (χ4v) is 0.632. The number of hydrogen-bond acceptors (Lipinski definition) is 0.